The first-order valence-electron chi connectivity index (χ1n) is 23.6. The van der Waals surface area contributed by atoms with Crippen molar-refractivity contribution in [3.05, 3.63) is 48.6 Å². The number of carbonyl (C=O) groups excluding carboxylic acids is 2. The van der Waals surface area contributed by atoms with E-state index in [0.29, 0.717) is 12.8 Å². The van der Waals surface area contributed by atoms with Gasteiger partial charge in [0.05, 0.1) is 19.8 Å². The maximum absolute atomic E-state index is 12.6. The van der Waals surface area contributed by atoms with Gasteiger partial charge in [0.25, 0.3) is 0 Å². The minimum absolute atomic E-state index is 0.148. The van der Waals surface area contributed by atoms with Gasteiger partial charge in [0.2, 0.25) is 0 Å². The van der Waals surface area contributed by atoms with Crippen molar-refractivity contribution in [1.82, 2.24) is 0 Å². The minimum atomic E-state index is -4.63. The largest absolute Gasteiger partial charge is 0.472 e. The maximum atomic E-state index is 12.6. The van der Waals surface area contributed by atoms with Crippen LogP contribution < -0.4 is 0 Å². The van der Waals surface area contributed by atoms with Crippen LogP contribution in [0.15, 0.2) is 48.6 Å². The molecule has 0 fully saturated rings. The van der Waals surface area contributed by atoms with E-state index in [1.807, 2.05) is 0 Å². The summed E-state index contributed by atoms with van der Waals surface area (Å²) in [7, 11) is -4.63. The number of ether oxygens (including phenoxy) is 2. The van der Waals surface area contributed by atoms with Crippen LogP contribution in [0.5, 0.6) is 0 Å². The van der Waals surface area contributed by atoms with Crippen LogP contribution in [0.2, 0.25) is 0 Å². The number of phosphoric acid groups is 1. The summed E-state index contributed by atoms with van der Waals surface area (Å²) in [5.41, 5.74) is 0. The summed E-state index contributed by atoms with van der Waals surface area (Å²) in [6.07, 6.45) is 48.1. The molecule has 3 unspecified atom stereocenters. The molecule has 0 radical (unpaired) electrons. The van der Waals surface area contributed by atoms with Crippen molar-refractivity contribution in [3.8, 4) is 0 Å². The van der Waals surface area contributed by atoms with E-state index in [4.69, 9.17) is 19.1 Å². The van der Waals surface area contributed by atoms with E-state index >= 15 is 0 Å². The fraction of sp³-hybridized carbons (Fsp3) is 0.792. The monoisotopic (exact) mass is 855 g/mol. The fourth-order valence-electron chi connectivity index (χ4n) is 6.36. The Morgan fingerprint density at radius 3 is 1.44 bits per heavy atom. The fourth-order valence-corrected chi connectivity index (χ4v) is 7.15. The van der Waals surface area contributed by atoms with Crippen LogP contribution in [0.1, 0.15) is 206 Å². The van der Waals surface area contributed by atoms with Crippen molar-refractivity contribution in [2.75, 3.05) is 26.4 Å². The zero-order valence-electron chi connectivity index (χ0n) is 37.5. The van der Waals surface area contributed by atoms with Crippen molar-refractivity contribution in [2.45, 2.75) is 219 Å². The molecule has 0 aliphatic carbocycles. The molecule has 0 aliphatic rings. The second-order valence-corrected chi connectivity index (χ2v) is 17.2. The first kappa shape index (κ1) is 56.9. The highest BCUT2D eigenvalue weighted by Gasteiger charge is 2.27. The van der Waals surface area contributed by atoms with E-state index in [1.54, 1.807) is 0 Å². The van der Waals surface area contributed by atoms with Gasteiger partial charge in [-0.1, -0.05) is 172 Å². The summed E-state index contributed by atoms with van der Waals surface area (Å²) in [5.74, 6) is -0.958. The number of esters is 2. The Kier molecular flexibility index (Phi) is 42.5. The van der Waals surface area contributed by atoms with Crippen molar-refractivity contribution >= 4 is 19.8 Å². The summed E-state index contributed by atoms with van der Waals surface area (Å²) < 4.78 is 32.7. The molecule has 0 aliphatic heterocycles. The lowest BCUT2D eigenvalue weighted by Gasteiger charge is -2.20. The molecule has 0 spiro atoms. The first-order valence-corrected chi connectivity index (χ1v) is 25.1. The third-order valence-electron chi connectivity index (χ3n) is 9.97. The molecule has 0 rings (SSSR count). The highest BCUT2D eigenvalue weighted by molar-refractivity contribution is 7.47. The lowest BCUT2D eigenvalue weighted by atomic mass is 10.0. The molecule has 3 atom stereocenters. The third-order valence-corrected chi connectivity index (χ3v) is 10.9. The number of hydrogen-bond donors (Lipinski definition) is 3. The molecule has 0 bridgehead atoms. The predicted octanol–water partition coefficient (Wildman–Crippen LogP) is 12.9. The molecule has 0 aromatic rings. The quantitative estimate of drug-likeness (QED) is 0.0234. The standard InChI is InChI=1S/C48H87O10P/c1-3-5-7-9-11-13-15-17-18-19-20-21-22-23-24-25-26-28-29-31-33-35-37-39-47(51)55-43-46(44-57-59(53,54)56-42-45(50)41-49)58-48(52)40-38-36-34-32-30-27-16-14-12-10-8-6-4-2/h6,8,12,14,19-20,27,30,45-46,49-50H,3-5,7,9-11,13,15-18,21-26,28-29,31-44H2,1-2H3,(H,53,54)/b8-6-,14-12-,20-19-,30-27-. The number of hydrogen-bond acceptors (Lipinski definition) is 9. The number of aliphatic hydroxyl groups is 2. The minimum Gasteiger partial charge on any atom is -0.462 e. The Morgan fingerprint density at radius 1 is 0.525 bits per heavy atom. The Balaban J connectivity index is 4.17. The molecule has 3 N–H and O–H groups in total. The van der Waals surface area contributed by atoms with Crippen LogP contribution in [0.4, 0.5) is 0 Å². The predicted molar refractivity (Wildman–Crippen MR) is 242 cm³/mol. The molecule has 10 nitrogen and oxygen atoms in total. The summed E-state index contributed by atoms with van der Waals surface area (Å²) >= 11 is 0. The molecule has 59 heavy (non-hydrogen) atoms. The van der Waals surface area contributed by atoms with Gasteiger partial charge in [0.15, 0.2) is 6.10 Å². The Bertz CT molecular complexity index is 1120. The molecule has 0 heterocycles. The number of carbonyl (C=O) groups is 2. The zero-order valence-corrected chi connectivity index (χ0v) is 38.4. The Hall–Kier alpha value is -2.07. The van der Waals surface area contributed by atoms with Crippen LogP contribution in [0.25, 0.3) is 0 Å². The molecule has 0 saturated carbocycles. The molecular weight excluding hydrogens is 767 g/mol. The van der Waals surface area contributed by atoms with Crippen molar-refractivity contribution in [3.63, 3.8) is 0 Å². The van der Waals surface area contributed by atoms with E-state index in [2.05, 4.69) is 67.0 Å². The van der Waals surface area contributed by atoms with E-state index in [-0.39, 0.29) is 19.4 Å². The van der Waals surface area contributed by atoms with Gasteiger partial charge in [0, 0.05) is 12.8 Å². The number of allylic oxidation sites excluding steroid dienone is 8. The van der Waals surface area contributed by atoms with E-state index in [9.17, 15) is 24.2 Å². The smallest absolute Gasteiger partial charge is 0.462 e. The molecule has 344 valence electrons. The first-order chi connectivity index (χ1) is 28.7. The van der Waals surface area contributed by atoms with Crippen LogP contribution in [-0.4, -0.2) is 65.7 Å². The summed E-state index contributed by atoms with van der Waals surface area (Å²) in [4.78, 5) is 35.0. The van der Waals surface area contributed by atoms with E-state index in [1.165, 1.54) is 109 Å². The second-order valence-electron chi connectivity index (χ2n) is 15.7. The van der Waals surface area contributed by atoms with Crippen LogP contribution in [0.3, 0.4) is 0 Å². The Labute approximate surface area is 360 Å². The molecular formula is C48H87O10P. The average Bonchev–Trinajstić information content (AvgIpc) is 3.22. The number of unbranched alkanes of at least 4 members (excludes halogenated alkanes) is 22. The van der Waals surface area contributed by atoms with Gasteiger partial charge in [-0.15, -0.1) is 0 Å². The van der Waals surface area contributed by atoms with Gasteiger partial charge in [-0.3, -0.25) is 18.6 Å². The van der Waals surface area contributed by atoms with Crippen molar-refractivity contribution in [1.29, 1.82) is 0 Å². The molecule has 0 aromatic heterocycles. The molecule has 0 aromatic carbocycles. The highest BCUT2D eigenvalue weighted by Crippen LogP contribution is 2.43. The van der Waals surface area contributed by atoms with Gasteiger partial charge in [-0.2, -0.15) is 0 Å². The normalized spacial score (nSPS) is 14.2. The average molecular weight is 855 g/mol. The van der Waals surface area contributed by atoms with E-state index < -0.39 is 51.8 Å². The molecule has 0 saturated heterocycles. The van der Waals surface area contributed by atoms with Crippen molar-refractivity contribution in [2.24, 2.45) is 0 Å². The van der Waals surface area contributed by atoms with Crippen molar-refractivity contribution < 1.29 is 47.8 Å². The second kappa shape index (κ2) is 44.0. The van der Waals surface area contributed by atoms with Gasteiger partial charge in [0.1, 0.15) is 12.7 Å². The number of aliphatic hydroxyl groups excluding tert-OH is 2. The van der Waals surface area contributed by atoms with Crippen LogP contribution in [0, 0.1) is 0 Å². The topological polar surface area (TPSA) is 149 Å². The maximum Gasteiger partial charge on any atom is 0.472 e. The molecule has 0 amide bonds. The third kappa shape index (κ3) is 43.8. The van der Waals surface area contributed by atoms with Crippen LogP contribution >= 0.6 is 7.82 Å². The highest BCUT2D eigenvalue weighted by atomic mass is 31.2. The lowest BCUT2D eigenvalue weighted by molar-refractivity contribution is -0.161. The van der Waals surface area contributed by atoms with Gasteiger partial charge < -0.3 is 24.6 Å². The molecule has 11 heteroatoms. The summed E-state index contributed by atoms with van der Waals surface area (Å²) in [6, 6.07) is 0. The number of phosphoric ester groups is 1. The van der Waals surface area contributed by atoms with Crippen LogP contribution in [-0.2, 0) is 32.7 Å². The summed E-state index contributed by atoms with van der Waals surface area (Å²) in [6.45, 7) is 2.24. The zero-order chi connectivity index (χ0) is 43.3. The SMILES string of the molecule is CC/C=C\C/C=C\C/C=C\CCCCCC(=O)OC(COC(=O)CCCCCCCCCCCCC/C=C\CCCCCCCCCC)COP(=O)(O)OCC(O)CO. The summed E-state index contributed by atoms with van der Waals surface area (Å²) in [5, 5.41) is 18.3. The van der Waals surface area contributed by atoms with Gasteiger partial charge in [-0.05, 0) is 70.6 Å². The van der Waals surface area contributed by atoms with Gasteiger partial charge >= 0.3 is 19.8 Å². The number of rotatable bonds is 44. The lowest BCUT2D eigenvalue weighted by Crippen LogP contribution is -2.29. The van der Waals surface area contributed by atoms with E-state index in [0.717, 1.165) is 57.8 Å². The van der Waals surface area contributed by atoms with Gasteiger partial charge in [-0.25, -0.2) is 4.57 Å². The Morgan fingerprint density at radius 2 is 0.932 bits per heavy atom.